The Bertz CT molecular complexity index is 720. The molecule has 0 spiro atoms. The SMILES string of the molecule is CC(=O)NCCCN(C)[C@H](C(=O)Nc1ccc(F)cc1)c1ccccc1. The van der Waals surface area contributed by atoms with E-state index in [-0.39, 0.29) is 17.6 Å². The molecule has 1 atom stereocenters. The lowest BCUT2D eigenvalue weighted by Crippen LogP contribution is -2.36. The van der Waals surface area contributed by atoms with E-state index < -0.39 is 6.04 Å². The molecular formula is C20H24FN3O2. The van der Waals surface area contributed by atoms with Crippen molar-refractivity contribution < 1.29 is 14.0 Å². The van der Waals surface area contributed by atoms with Gasteiger partial charge in [0.15, 0.2) is 0 Å². The maximum Gasteiger partial charge on any atom is 0.246 e. The Labute approximate surface area is 153 Å². The average molecular weight is 357 g/mol. The fraction of sp³-hybridized carbons (Fsp3) is 0.300. The average Bonchev–Trinajstić information content (AvgIpc) is 2.62. The van der Waals surface area contributed by atoms with Crippen LogP contribution in [0.25, 0.3) is 0 Å². The van der Waals surface area contributed by atoms with Crippen molar-refractivity contribution >= 4 is 17.5 Å². The van der Waals surface area contributed by atoms with Crippen molar-refractivity contribution in [3.8, 4) is 0 Å². The van der Waals surface area contributed by atoms with E-state index in [4.69, 9.17) is 0 Å². The second-order valence-corrected chi connectivity index (χ2v) is 6.13. The second kappa shape index (κ2) is 9.68. The number of rotatable bonds is 8. The third-order valence-electron chi connectivity index (χ3n) is 3.98. The van der Waals surface area contributed by atoms with Gasteiger partial charge in [-0.3, -0.25) is 14.5 Å². The molecular weight excluding hydrogens is 333 g/mol. The van der Waals surface area contributed by atoms with Crippen LogP contribution in [0.5, 0.6) is 0 Å². The molecule has 0 radical (unpaired) electrons. The number of halogens is 1. The number of carbonyl (C=O) groups excluding carboxylic acids is 2. The molecule has 2 amide bonds. The first-order valence-corrected chi connectivity index (χ1v) is 8.53. The smallest absolute Gasteiger partial charge is 0.246 e. The van der Waals surface area contributed by atoms with Crippen molar-refractivity contribution in [3.63, 3.8) is 0 Å². The van der Waals surface area contributed by atoms with E-state index in [2.05, 4.69) is 10.6 Å². The van der Waals surface area contributed by atoms with Gasteiger partial charge in [0, 0.05) is 25.7 Å². The van der Waals surface area contributed by atoms with E-state index in [9.17, 15) is 14.0 Å². The maximum atomic E-state index is 13.1. The summed E-state index contributed by atoms with van der Waals surface area (Å²) in [6, 6.07) is 14.7. The molecule has 0 aliphatic heterocycles. The van der Waals surface area contributed by atoms with Crippen LogP contribution < -0.4 is 10.6 Å². The molecule has 0 aromatic heterocycles. The van der Waals surface area contributed by atoms with Crippen LogP contribution in [0.15, 0.2) is 54.6 Å². The zero-order valence-corrected chi connectivity index (χ0v) is 15.0. The van der Waals surface area contributed by atoms with Crippen LogP contribution >= 0.6 is 0 Å². The number of nitrogens with zero attached hydrogens (tertiary/aromatic N) is 1. The van der Waals surface area contributed by atoms with Gasteiger partial charge in [-0.05, 0) is 43.3 Å². The van der Waals surface area contributed by atoms with E-state index in [1.807, 2.05) is 42.3 Å². The molecule has 138 valence electrons. The molecule has 0 saturated carbocycles. The molecule has 26 heavy (non-hydrogen) atoms. The van der Waals surface area contributed by atoms with Crippen LogP contribution in [-0.2, 0) is 9.59 Å². The Morgan fingerprint density at radius 2 is 1.73 bits per heavy atom. The highest BCUT2D eigenvalue weighted by Gasteiger charge is 2.25. The fourth-order valence-electron chi connectivity index (χ4n) is 2.71. The highest BCUT2D eigenvalue weighted by atomic mass is 19.1. The number of amides is 2. The normalized spacial score (nSPS) is 11.8. The molecule has 0 heterocycles. The first-order chi connectivity index (χ1) is 12.5. The minimum Gasteiger partial charge on any atom is -0.356 e. The highest BCUT2D eigenvalue weighted by molar-refractivity contribution is 5.95. The predicted octanol–water partition coefficient (Wildman–Crippen LogP) is 2.96. The molecule has 0 fully saturated rings. The molecule has 0 unspecified atom stereocenters. The molecule has 2 aromatic rings. The molecule has 6 heteroatoms. The Morgan fingerprint density at radius 3 is 2.35 bits per heavy atom. The summed E-state index contributed by atoms with van der Waals surface area (Å²) in [7, 11) is 1.87. The van der Waals surface area contributed by atoms with Crippen LogP contribution in [0.2, 0.25) is 0 Å². The van der Waals surface area contributed by atoms with Gasteiger partial charge in [0.1, 0.15) is 11.9 Å². The van der Waals surface area contributed by atoms with E-state index >= 15 is 0 Å². The van der Waals surface area contributed by atoms with E-state index in [0.717, 1.165) is 12.0 Å². The molecule has 2 rings (SSSR count). The van der Waals surface area contributed by atoms with Crippen LogP contribution in [0.4, 0.5) is 10.1 Å². The number of carbonyl (C=O) groups is 2. The van der Waals surface area contributed by atoms with Crippen LogP contribution in [0.3, 0.4) is 0 Å². The van der Waals surface area contributed by atoms with Crippen LogP contribution in [0, 0.1) is 5.82 Å². The number of anilines is 1. The number of benzene rings is 2. The van der Waals surface area contributed by atoms with E-state index in [0.29, 0.717) is 18.8 Å². The van der Waals surface area contributed by atoms with Gasteiger partial charge in [-0.2, -0.15) is 0 Å². The Morgan fingerprint density at radius 1 is 1.08 bits per heavy atom. The summed E-state index contributed by atoms with van der Waals surface area (Å²) in [6.45, 7) is 2.67. The first-order valence-electron chi connectivity index (χ1n) is 8.53. The molecule has 0 bridgehead atoms. The van der Waals surface area contributed by atoms with E-state index in [1.165, 1.54) is 31.2 Å². The maximum absolute atomic E-state index is 13.1. The minimum atomic E-state index is -0.487. The van der Waals surface area contributed by atoms with Gasteiger partial charge in [-0.15, -0.1) is 0 Å². The van der Waals surface area contributed by atoms with Crippen molar-refractivity contribution in [1.29, 1.82) is 0 Å². The first kappa shape index (κ1) is 19.6. The van der Waals surface area contributed by atoms with Crippen LogP contribution in [-0.4, -0.2) is 36.9 Å². The van der Waals surface area contributed by atoms with Crippen LogP contribution in [0.1, 0.15) is 24.9 Å². The zero-order valence-electron chi connectivity index (χ0n) is 15.0. The fourth-order valence-corrected chi connectivity index (χ4v) is 2.71. The van der Waals surface area contributed by atoms with Gasteiger partial charge in [0.25, 0.3) is 0 Å². The molecule has 0 aliphatic carbocycles. The number of likely N-dealkylation sites (N-methyl/N-ethyl adjacent to an activating group) is 1. The van der Waals surface area contributed by atoms with Gasteiger partial charge in [0.2, 0.25) is 11.8 Å². The largest absolute Gasteiger partial charge is 0.356 e. The Balaban J connectivity index is 2.08. The van der Waals surface area contributed by atoms with E-state index in [1.54, 1.807) is 0 Å². The monoisotopic (exact) mass is 357 g/mol. The van der Waals surface area contributed by atoms with Gasteiger partial charge < -0.3 is 10.6 Å². The summed E-state index contributed by atoms with van der Waals surface area (Å²) in [6.07, 6.45) is 0.725. The highest BCUT2D eigenvalue weighted by Crippen LogP contribution is 2.22. The summed E-state index contributed by atoms with van der Waals surface area (Å²) < 4.78 is 13.1. The number of hydrogen-bond acceptors (Lipinski definition) is 3. The summed E-state index contributed by atoms with van der Waals surface area (Å²) in [4.78, 5) is 25.8. The quantitative estimate of drug-likeness (QED) is 0.714. The minimum absolute atomic E-state index is 0.0682. The van der Waals surface area contributed by atoms with Crippen molar-refractivity contribution in [2.75, 3.05) is 25.5 Å². The van der Waals surface area contributed by atoms with Crippen molar-refractivity contribution in [2.24, 2.45) is 0 Å². The van der Waals surface area contributed by atoms with Gasteiger partial charge >= 0.3 is 0 Å². The lowest BCUT2D eigenvalue weighted by Gasteiger charge is -2.27. The molecule has 0 aliphatic rings. The molecule has 2 N–H and O–H groups in total. The lowest BCUT2D eigenvalue weighted by molar-refractivity contribution is -0.121. The second-order valence-electron chi connectivity index (χ2n) is 6.13. The standard InChI is InChI=1S/C20H24FN3O2/c1-15(25)22-13-6-14-24(2)19(16-7-4-3-5-8-16)20(26)23-18-11-9-17(21)10-12-18/h3-5,7-12,19H,6,13-14H2,1-2H3,(H,22,25)(H,23,26)/t19-/m0/s1. The molecule has 0 saturated heterocycles. The molecule has 2 aromatic carbocycles. The predicted molar refractivity (Wildman–Crippen MR) is 100 cm³/mol. The van der Waals surface area contributed by atoms with Crippen molar-refractivity contribution in [3.05, 3.63) is 66.0 Å². The Hall–Kier alpha value is -2.73. The van der Waals surface area contributed by atoms with Crippen molar-refractivity contribution in [1.82, 2.24) is 10.2 Å². The number of hydrogen-bond donors (Lipinski definition) is 2. The third kappa shape index (κ3) is 5.97. The van der Waals surface area contributed by atoms with Gasteiger partial charge in [-0.1, -0.05) is 30.3 Å². The lowest BCUT2D eigenvalue weighted by atomic mass is 10.0. The summed E-state index contributed by atoms with van der Waals surface area (Å²) in [5, 5.41) is 5.59. The summed E-state index contributed by atoms with van der Waals surface area (Å²) in [5.41, 5.74) is 1.41. The topological polar surface area (TPSA) is 61.4 Å². The number of nitrogens with one attached hydrogen (secondary N) is 2. The van der Waals surface area contributed by atoms with Gasteiger partial charge in [-0.25, -0.2) is 4.39 Å². The summed E-state index contributed by atoms with van der Waals surface area (Å²) in [5.74, 6) is -0.608. The van der Waals surface area contributed by atoms with Gasteiger partial charge in [0.05, 0.1) is 0 Å². The molecule has 5 nitrogen and oxygen atoms in total. The third-order valence-corrected chi connectivity index (χ3v) is 3.98. The Kier molecular flexibility index (Phi) is 7.29. The summed E-state index contributed by atoms with van der Waals surface area (Å²) >= 11 is 0. The zero-order chi connectivity index (χ0) is 18.9. The van der Waals surface area contributed by atoms with Crippen molar-refractivity contribution in [2.45, 2.75) is 19.4 Å².